The number of hydrogen-bond acceptors (Lipinski definition) is 5. The van der Waals surface area contributed by atoms with Gasteiger partial charge < -0.3 is 9.73 Å². The summed E-state index contributed by atoms with van der Waals surface area (Å²) in [5, 5.41) is 2.68. The Morgan fingerprint density at radius 2 is 1.80 bits per heavy atom. The van der Waals surface area contributed by atoms with Crippen molar-refractivity contribution in [1.29, 1.82) is 0 Å². The zero-order valence-electron chi connectivity index (χ0n) is 13.4. The first-order valence-electron chi connectivity index (χ1n) is 7.24. The summed E-state index contributed by atoms with van der Waals surface area (Å²) in [5.74, 6) is -0.977. The third-order valence-electron chi connectivity index (χ3n) is 3.57. The Hall–Kier alpha value is -2.91. The molecule has 0 saturated heterocycles. The molecule has 0 aliphatic heterocycles. The van der Waals surface area contributed by atoms with Crippen molar-refractivity contribution in [3.63, 3.8) is 0 Å². The number of hydrogen-bond donors (Lipinski definition) is 2. The summed E-state index contributed by atoms with van der Waals surface area (Å²) in [6, 6.07) is 10.4. The summed E-state index contributed by atoms with van der Waals surface area (Å²) >= 11 is 0. The Morgan fingerprint density at radius 3 is 2.44 bits per heavy atom. The zero-order chi connectivity index (χ0) is 18.2. The van der Waals surface area contributed by atoms with Gasteiger partial charge in [-0.3, -0.25) is 9.78 Å². The van der Waals surface area contributed by atoms with Crippen molar-refractivity contribution in [3.05, 3.63) is 58.6 Å². The molecular formula is C16H15N3O5S. The largest absolute Gasteiger partial charge is 0.417 e. The van der Waals surface area contributed by atoms with Crippen molar-refractivity contribution in [1.82, 2.24) is 9.29 Å². The van der Waals surface area contributed by atoms with Crippen LogP contribution in [-0.2, 0) is 10.0 Å². The SMILES string of the molecule is CN(C)S(=O)(=O)c1ccc(C(=O)Nc2ccc3oc(=O)[nH]c3c2)cc1. The molecule has 1 aromatic heterocycles. The van der Waals surface area contributed by atoms with E-state index >= 15 is 0 Å². The highest BCUT2D eigenvalue weighted by atomic mass is 32.2. The van der Waals surface area contributed by atoms with Gasteiger partial charge >= 0.3 is 5.76 Å². The van der Waals surface area contributed by atoms with Crippen LogP contribution in [0.5, 0.6) is 0 Å². The van der Waals surface area contributed by atoms with Crippen molar-refractivity contribution < 1.29 is 17.6 Å². The fourth-order valence-corrected chi connectivity index (χ4v) is 3.12. The van der Waals surface area contributed by atoms with Gasteiger partial charge in [0.15, 0.2) is 5.58 Å². The number of oxazole rings is 1. The Morgan fingerprint density at radius 1 is 1.12 bits per heavy atom. The van der Waals surface area contributed by atoms with E-state index in [0.717, 1.165) is 4.31 Å². The van der Waals surface area contributed by atoms with Crippen molar-refractivity contribution >= 4 is 32.7 Å². The van der Waals surface area contributed by atoms with E-state index in [1.807, 2.05) is 0 Å². The third-order valence-corrected chi connectivity index (χ3v) is 5.40. The van der Waals surface area contributed by atoms with E-state index in [2.05, 4.69) is 10.3 Å². The van der Waals surface area contributed by atoms with E-state index in [1.165, 1.54) is 38.4 Å². The topological polar surface area (TPSA) is 112 Å². The van der Waals surface area contributed by atoms with Gasteiger partial charge in [-0.05, 0) is 42.5 Å². The van der Waals surface area contributed by atoms with Gasteiger partial charge in [0.2, 0.25) is 10.0 Å². The van der Waals surface area contributed by atoms with E-state index < -0.39 is 21.7 Å². The van der Waals surface area contributed by atoms with Gasteiger partial charge in [0.25, 0.3) is 5.91 Å². The molecule has 0 radical (unpaired) electrons. The molecule has 130 valence electrons. The highest BCUT2D eigenvalue weighted by Crippen LogP contribution is 2.18. The van der Waals surface area contributed by atoms with Crippen molar-refractivity contribution in [2.75, 3.05) is 19.4 Å². The molecule has 1 heterocycles. The van der Waals surface area contributed by atoms with Gasteiger partial charge in [-0.1, -0.05) is 0 Å². The lowest BCUT2D eigenvalue weighted by atomic mass is 10.2. The molecule has 0 aliphatic carbocycles. The summed E-state index contributed by atoms with van der Waals surface area (Å²) < 4.78 is 30.0. The smallest absolute Gasteiger partial charge is 0.408 e. The molecule has 0 unspecified atom stereocenters. The predicted molar refractivity (Wildman–Crippen MR) is 92.1 cm³/mol. The second kappa shape index (κ2) is 6.19. The molecule has 0 aliphatic rings. The molecular weight excluding hydrogens is 346 g/mol. The van der Waals surface area contributed by atoms with Gasteiger partial charge in [0.1, 0.15) is 0 Å². The molecule has 3 aromatic rings. The quantitative estimate of drug-likeness (QED) is 0.733. The number of sulfonamides is 1. The first-order valence-corrected chi connectivity index (χ1v) is 8.68. The van der Waals surface area contributed by atoms with Gasteiger partial charge in [0, 0.05) is 25.3 Å². The highest BCUT2D eigenvalue weighted by Gasteiger charge is 2.17. The maximum absolute atomic E-state index is 12.3. The van der Waals surface area contributed by atoms with E-state index in [0.29, 0.717) is 22.4 Å². The van der Waals surface area contributed by atoms with Crippen LogP contribution in [-0.4, -0.2) is 37.7 Å². The first-order chi connectivity index (χ1) is 11.8. The molecule has 0 spiro atoms. The van der Waals surface area contributed by atoms with Crippen LogP contribution >= 0.6 is 0 Å². The van der Waals surface area contributed by atoms with Crippen LogP contribution < -0.4 is 11.1 Å². The van der Waals surface area contributed by atoms with E-state index in [-0.39, 0.29) is 4.90 Å². The van der Waals surface area contributed by atoms with Crippen LogP contribution in [0.3, 0.4) is 0 Å². The average molecular weight is 361 g/mol. The second-order valence-electron chi connectivity index (χ2n) is 5.49. The molecule has 2 N–H and O–H groups in total. The fourth-order valence-electron chi connectivity index (χ4n) is 2.22. The minimum absolute atomic E-state index is 0.103. The number of carbonyl (C=O) groups excluding carboxylic acids is 1. The zero-order valence-corrected chi connectivity index (χ0v) is 14.3. The minimum Gasteiger partial charge on any atom is -0.408 e. The van der Waals surface area contributed by atoms with Gasteiger partial charge in [-0.25, -0.2) is 17.5 Å². The molecule has 3 rings (SSSR count). The fraction of sp³-hybridized carbons (Fsp3) is 0.125. The standard InChI is InChI=1S/C16H15N3O5S/c1-19(2)25(22,23)12-6-3-10(4-7-12)15(20)17-11-5-8-14-13(9-11)18-16(21)24-14/h3-9H,1-2H3,(H,17,20)(H,18,21). The number of fused-ring (bicyclic) bond motifs is 1. The predicted octanol–water partition coefficient (Wildman–Crippen LogP) is 1.62. The molecule has 0 atom stereocenters. The molecule has 0 fully saturated rings. The molecule has 25 heavy (non-hydrogen) atoms. The average Bonchev–Trinajstić information content (AvgIpc) is 2.94. The maximum atomic E-state index is 12.3. The number of H-pyrrole nitrogens is 1. The first kappa shape index (κ1) is 16.9. The highest BCUT2D eigenvalue weighted by molar-refractivity contribution is 7.89. The summed E-state index contributed by atoms with van der Waals surface area (Å²) in [4.78, 5) is 26.0. The molecule has 1 amide bonds. The summed E-state index contributed by atoms with van der Waals surface area (Å²) in [5.41, 5.74) is 1.63. The Kier molecular flexibility index (Phi) is 4.19. The number of aromatic nitrogens is 1. The van der Waals surface area contributed by atoms with Gasteiger partial charge in [-0.15, -0.1) is 0 Å². The van der Waals surface area contributed by atoms with E-state index in [4.69, 9.17) is 4.42 Å². The van der Waals surface area contributed by atoms with Crippen molar-refractivity contribution in [2.24, 2.45) is 0 Å². The number of anilines is 1. The van der Waals surface area contributed by atoms with Gasteiger partial charge in [-0.2, -0.15) is 0 Å². The van der Waals surface area contributed by atoms with Crippen LogP contribution in [0.15, 0.2) is 56.6 Å². The Balaban J connectivity index is 1.81. The Bertz CT molecular complexity index is 1090. The summed E-state index contributed by atoms with van der Waals surface area (Å²) in [6.45, 7) is 0. The number of amides is 1. The summed E-state index contributed by atoms with van der Waals surface area (Å²) in [6.07, 6.45) is 0. The number of aromatic amines is 1. The molecule has 9 heteroatoms. The number of carbonyl (C=O) groups is 1. The number of nitrogens with one attached hydrogen (secondary N) is 2. The van der Waals surface area contributed by atoms with Crippen molar-refractivity contribution in [2.45, 2.75) is 4.90 Å². The minimum atomic E-state index is -3.54. The van der Waals surface area contributed by atoms with Crippen LogP contribution in [0.4, 0.5) is 5.69 Å². The maximum Gasteiger partial charge on any atom is 0.417 e. The second-order valence-corrected chi connectivity index (χ2v) is 7.64. The lowest BCUT2D eigenvalue weighted by Gasteiger charge is -2.11. The lowest BCUT2D eigenvalue weighted by Crippen LogP contribution is -2.22. The summed E-state index contributed by atoms with van der Waals surface area (Å²) in [7, 11) is -0.669. The number of rotatable bonds is 4. The normalized spacial score (nSPS) is 11.8. The van der Waals surface area contributed by atoms with Crippen LogP contribution in [0, 0.1) is 0 Å². The van der Waals surface area contributed by atoms with E-state index in [1.54, 1.807) is 18.2 Å². The Labute approximate surface area is 143 Å². The van der Waals surface area contributed by atoms with Gasteiger partial charge in [0.05, 0.1) is 10.4 Å². The molecule has 0 bridgehead atoms. The number of benzene rings is 2. The molecule has 8 nitrogen and oxygen atoms in total. The van der Waals surface area contributed by atoms with Crippen LogP contribution in [0.2, 0.25) is 0 Å². The van der Waals surface area contributed by atoms with E-state index in [9.17, 15) is 18.0 Å². The van der Waals surface area contributed by atoms with Crippen molar-refractivity contribution in [3.8, 4) is 0 Å². The lowest BCUT2D eigenvalue weighted by molar-refractivity contribution is 0.102. The molecule has 2 aromatic carbocycles. The molecule has 0 saturated carbocycles. The van der Waals surface area contributed by atoms with Crippen LogP contribution in [0.25, 0.3) is 11.1 Å². The number of nitrogens with zero attached hydrogens (tertiary/aromatic N) is 1. The monoisotopic (exact) mass is 361 g/mol. The van der Waals surface area contributed by atoms with Crippen LogP contribution in [0.1, 0.15) is 10.4 Å². The third kappa shape index (κ3) is 3.32.